The third kappa shape index (κ3) is 2.04. The molecule has 1 heterocycles. The van der Waals surface area contributed by atoms with Crippen molar-refractivity contribution in [3.8, 4) is 0 Å². The van der Waals surface area contributed by atoms with Crippen molar-refractivity contribution in [1.29, 1.82) is 0 Å². The van der Waals surface area contributed by atoms with Gasteiger partial charge in [0.05, 0.1) is 11.0 Å². The van der Waals surface area contributed by atoms with E-state index in [0.29, 0.717) is 5.92 Å². The lowest BCUT2D eigenvalue weighted by atomic mass is 10.1. The third-order valence-corrected chi connectivity index (χ3v) is 3.00. The van der Waals surface area contributed by atoms with Crippen molar-refractivity contribution in [3.05, 3.63) is 29.6 Å². The van der Waals surface area contributed by atoms with Gasteiger partial charge in [-0.15, -0.1) is 0 Å². The summed E-state index contributed by atoms with van der Waals surface area (Å²) in [4.78, 5) is 8.04. The second kappa shape index (κ2) is 4.05. The predicted octanol–water partition coefficient (Wildman–Crippen LogP) is 3.46. The normalized spacial score (nSPS) is 13.3. The Hall–Kier alpha value is -1.31. The highest BCUT2D eigenvalue weighted by molar-refractivity contribution is 5.78. The summed E-state index contributed by atoms with van der Waals surface area (Å²) in [5.74, 6) is 1.82. The zero-order chi connectivity index (χ0) is 10.8. The molecule has 0 amide bonds. The van der Waals surface area contributed by atoms with Crippen LogP contribution in [0.5, 0.6) is 0 Å². The Bertz CT molecular complexity index is 457. The predicted molar refractivity (Wildman–Crippen MR) is 64.0 cm³/mol. The molecule has 0 aliphatic rings. The molecule has 0 bridgehead atoms. The van der Waals surface area contributed by atoms with E-state index in [1.165, 1.54) is 12.0 Å². The van der Waals surface area contributed by atoms with Crippen LogP contribution in [-0.4, -0.2) is 9.97 Å². The van der Waals surface area contributed by atoms with Crippen LogP contribution in [0.1, 0.15) is 31.7 Å². The SMILES string of the molecule is CCC(C)Cc1nc2c(C)cccc2[nH]1. The molecule has 1 aromatic heterocycles. The van der Waals surface area contributed by atoms with Crippen LogP contribution in [-0.2, 0) is 6.42 Å². The Balaban J connectivity index is 2.35. The zero-order valence-corrected chi connectivity index (χ0v) is 9.67. The molecule has 0 aliphatic heterocycles. The molecule has 1 unspecified atom stereocenters. The van der Waals surface area contributed by atoms with E-state index in [2.05, 4.69) is 48.9 Å². The van der Waals surface area contributed by atoms with Crippen LogP contribution in [0.25, 0.3) is 11.0 Å². The number of nitrogens with one attached hydrogen (secondary N) is 1. The van der Waals surface area contributed by atoms with Crippen LogP contribution < -0.4 is 0 Å². The van der Waals surface area contributed by atoms with E-state index in [1.54, 1.807) is 0 Å². The summed E-state index contributed by atoms with van der Waals surface area (Å²) in [7, 11) is 0. The summed E-state index contributed by atoms with van der Waals surface area (Å²) >= 11 is 0. The van der Waals surface area contributed by atoms with Crippen LogP contribution in [0.15, 0.2) is 18.2 Å². The number of hydrogen-bond donors (Lipinski definition) is 1. The Morgan fingerprint density at radius 3 is 2.87 bits per heavy atom. The molecular formula is C13H18N2. The molecular weight excluding hydrogens is 184 g/mol. The fourth-order valence-electron chi connectivity index (χ4n) is 1.80. The summed E-state index contributed by atoms with van der Waals surface area (Å²) in [6, 6.07) is 6.27. The number of hydrogen-bond acceptors (Lipinski definition) is 1. The van der Waals surface area contributed by atoms with Gasteiger partial charge in [0, 0.05) is 6.42 Å². The van der Waals surface area contributed by atoms with Gasteiger partial charge in [0.2, 0.25) is 0 Å². The van der Waals surface area contributed by atoms with Gasteiger partial charge in [0.15, 0.2) is 0 Å². The van der Waals surface area contributed by atoms with Crippen molar-refractivity contribution in [2.24, 2.45) is 5.92 Å². The third-order valence-electron chi connectivity index (χ3n) is 3.00. The molecule has 2 rings (SSSR count). The summed E-state index contributed by atoms with van der Waals surface area (Å²) in [5, 5.41) is 0. The van der Waals surface area contributed by atoms with E-state index < -0.39 is 0 Å². The standard InChI is InChI=1S/C13H18N2/c1-4-9(2)8-12-14-11-7-5-6-10(3)13(11)15-12/h5-7,9H,4,8H2,1-3H3,(H,14,15). The summed E-state index contributed by atoms with van der Waals surface area (Å²) in [6.07, 6.45) is 2.25. The maximum absolute atomic E-state index is 4.64. The lowest BCUT2D eigenvalue weighted by Crippen LogP contribution is -1.99. The minimum Gasteiger partial charge on any atom is -0.342 e. The van der Waals surface area contributed by atoms with Crippen LogP contribution in [0.4, 0.5) is 0 Å². The van der Waals surface area contributed by atoms with Crippen molar-refractivity contribution in [2.45, 2.75) is 33.6 Å². The fraction of sp³-hybridized carbons (Fsp3) is 0.462. The van der Waals surface area contributed by atoms with Crippen molar-refractivity contribution in [3.63, 3.8) is 0 Å². The summed E-state index contributed by atoms with van der Waals surface area (Å²) in [5.41, 5.74) is 3.53. The van der Waals surface area contributed by atoms with E-state index in [0.717, 1.165) is 23.3 Å². The second-order valence-electron chi connectivity index (χ2n) is 4.37. The smallest absolute Gasteiger partial charge is 0.107 e. The number of para-hydroxylation sites is 1. The van der Waals surface area contributed by atoms with Gasteiger partial charge in [-0.3, -0.25) is 0 Å². The number of nitrogens with zero attached hydrogens (tertiary/aromatic N) is 1. The van der Waals surface area contributed by atoms with Gasteiger partial charge < -0.3 is 4.98 Å². The largest absolute Gasteiger partial charge is 0.342 e. The quantitative estimate of drug-likeness (QED) is 0.811. The van der Waals surface area contributed by atoms with E-state index in [4.69, 9.17) is 0 Å². The maximum Gasteiger partial charge on any atom is 0.107 e. The number of aromatic nitrogens is 2. The Kier molecular flexibility index (Phi) is 2.76. The molecule has 0 fully saturated rings. The van der Waals surface area contributed by atoms with Gasteiger partial charge in [-0.1, -0.05) is 32.4 Å². The topological polar surface area (TPSA) is 28.7 Å². The molecule has 0 saturated carbocycles. The van der Waals surface area contributed by atoms with E-state index >= 15 is 0 Å². The van der Waals surface area contributed by atoms with Gasteiger partial charge in [-0.25, -0.2) is 4.98 Å². The summed E-state index contributed by atoms with van der Waals surface area (Å²) < 4.78 is 0. The summed E-state index contributed by atoms with van der Waals surface area (Å²) in [6.45, 7) is 6.59. The van der Waals surface area contributed by atoms with Crippen molar-refractivity contribution in [2.75, 3.05) is 0 Å². The van der Waals surface area contributed by atoms with Crippen molar-refractivity contribution in [1.82, 2.24) is 9.97 Å². The maximum atomic E-state index is 4.64. The van der Waals surface area contributed by atoms with Crippen molar-refractivity contribution >= 4 is 11.0 Å². The highest BCUT2D eigenvalue weighted by Gasteiger charge is 2.07. The molecule has 2 aromatic rings. The first kappa shape index (κ1) is 10.2. The fourth-order valence-corrected chi connectivity index (χ4v) is 1.80. The number of benzene rings is 1. The van der Waals surface area contributed by atoms with Gasteiger partial charge >= 0.3 is 0 Å². The highest BCUT2D eigenvalue weighted by atomic mass is 14.9. The molecule has 0 aliphatic carbocycles. The molecule has 0 spiro atoms. The Labute approximate surface area is 90.7 Å². The minimum absolute atomic E-state index is 0.700. The van der Waals surface area contributed by atoms with E-state index in [1.807, 2.05) is 0 Å². The van der Waals surface area contributed by atoms with Gasteiger partial charge in [0.1, 0.15) is 5.82 Å². The number of aryl methyl sites for hydroxylation is 1. The first-order valence-corrected chi connectivity index (χ1v) is 5.65. The van der Waals surface area contributed by atoms with Crippen LogP contribution in [0.2, 0.25) is 0 Å². The van der Waals surface area contributed by atoms with Crippen molar-refractivity contribution < 1.29 is 0 Å². The average molecular weight is 202 g/mol. The van der Waals surface area contributed by atoms with E-state index in [-0.39, 0.29) is 0 Å². The number of rotatable bonds is 3. The lowest BCUT2D eigenvalue weighted by Gasteiger charge is -2.03. The first-order valence-electron chi connectivity index (χ1n) is 5.65. The van der Waals surface area contributed by atoms with Crippen LogP contribution >= 0.6 is 0 Å². The van der Waals surface area contributed by atoms with Gasteiger partial charge in [-0.05, 0) is 24.5 Å². The molecule has 80 valence electrons. The van der Waals surface area contributed by atoms with Crippen LogP contribution in [0.3, 0.4) is 0 Å². The molecule has 1 N–H and O–H groups in total. The molecule has 2 nitrogen and oxygen atoms in total. The lowest BCUT2D eigenvalue weighted by molar-refractivity contribution is 0.547. The Morgan fingerprint density at radius 2 is 2.20 bits per heavy atom. The first-order chi connectivity index (χ1) is 7.20. The Morgan fingerprint density at radius 1 is 1.40 bits per heavy atom. The monoisotopic (exact) mass is 202 g/mol. The molecule has 15 heavy (non-hydrogen) atoms. The minimum atomic E-state index is 0.700. The highest BCUT2D eigenvalue weighted by Crippen LogP contribution is 2.17. The number of aromatic amines is 1. The molecule has 1 atom stereocenters. The number of fused-ring (bicyclic) bond motifs is 1. The molecule has 0 saturated heterocycles. The number of imidazole rings is 1. The van der Waals surface area contributed by atoms with E-state index in [9.17, 15) is 0 Å². The van der Waals surface area contributed by atoms with Gasteiger partial charge in [0.25, 0.3) is 0 Å². The molecule has 1 aromatic carbocycles. The average Bonchev–Trinajstić information content (AvgIpc) is 2.62. The number of H-pyrrole nitrogens is 1. The van der Waals surface area contributed by atoms with Crippen LogP contribution in [0, 0.1) is 12.8 Å². The molecule has 2 heteroatoms. The molecule has 0 radical (unpaired) electrons. The zero-order valence-electron chi connectivity index (χ0n) is 9.67. The van der Waals surface area contributed by atoms with Gasteiger partial charge in [-0.2, -0.15) is 0 Å². The second-order valence-corrected chi connectivity index (χ2v) is 4.37.